The van der Waals surface area contributed by atoms with E-state index in [1.165, 1.54) is 11.1 Å². The molecule has 0 aliphatic carbocycles. The molecule has 0 spiro atoms. The van der Waals surface area contributed by atoms with Gasteiger partial charge in [-0.1, -0.05) is 42.8 Å². The minimum absolute atomic E-state index is 0.143. The lowest BCUT2D eigenvalue weighted by Crippen LogP contribution is -2.22. The topological polar surface area (TPSA) is 21.3 Å². The van der Waals surface area contributed by atoms with Gasteiger partial charge in [-0.3, -0.25) is 0 Å². The first-order valence-corrected chi connectivity index (χ1v) is 7.76. The summed E-state index contributed by atoms with van der Waals surface area (Å²) in [4.78, 5) is 0. The van der Waals surface area contributed by atoms with Crippen LogP contribution >= 0.6 is 11.6 Å². The van der Waals surface area contributed by atoms with Gasteiger partial charge in [-0.15, -0.1) is 0 Å². The Hall–Kier alpha value is -1.51. The Balaban J connectivity index is 2.36. The maximum absolute atomic E-state index is 6.26. The van der Waals surface area contributed by atoms with Crippen LogP contribution in [0.25, 0.3) is 0 Å². The molecule has 0 saturated carbocycles. The predicted octanol–water partition coefficient (Wildman–Crippen LogP) is 4.75. The molecule has 0 fully saturated rings. The predicted molar refractivity (Wildman–Crippen MR) is 89.3 cm³/mol. The number of nitrogens with one attached hydrogen (secondary N) is 1. The van der Waals surface area contributed by atoms with Crippen molar-refractivity contribution in [2.45, 2.75) is 26.8 Å². The van der Waals surface area contributed by atoms with Crippen molar-refractivity contribution in [3.05, 3.63) is 64.2 Å². The zero-order chi connectivity index (χ0) is 15.2. The van der Waals surface area contributed by atoms with E-state index in [-0.39, 0.29) is 6.04 Å². The van der Waals surface area contributed by atoms with Crippen molar-refractivity contribution in [2.75, 3.05) is 13.2 Å². The average Bonchev–Trinajstić information content (AvgIpc) is 2.49. The highest BCUT2D eigenvalue weighted by atomic mass is 35.5. The molecule has 0 aliphatic rings. The maximum atomic E-state index is 6.26. The summed E-state index contributed by atoms with van der Waals surface area (Å²) in [5.41, 5.74) is 3.55. The fourth-order valence-corrected chi connectivity index (χ4v) is 2.65. The number of hydrogen-bond acceptors (Lipinski definition) is 2. The lowest BCUT2D eigenvalue weighted by molar-refractivity contribution is 0.340. The quantitative estimate of drug-likeness (QED) is 0.832. The molecular weight excluding hydrogens is 282 g/mol. The standard InChI is InChI=1S/C18H22ClNO/c1-4-20-18(16-7-6-8-17(19)13(16)3)14-9-11-15(12-10-14)21-5-2/h6-12,18,20H,4-5H2,1-3H3. The van der Waals surface area contributed by atoms with Gasteiger partial charge < -0.3 is 10.1 Å². The smallest absolute Gasteiger partial charge is 0.119 e. The minimum atomic E-state index is 0.143. The normalized spacial score (nSPS) is 12.2. The summed E-state index contributed by atoms with van der Waals surface area (Å²) in [5, 5.41) is 4.34. The van der Waals surface area contributed by atoms with Crippen molar-refractivity contribution in [3.8, 4) is 5.75 Å². The van der Waals surface area contributed by atoms with Gasteiger partial charge in [0.2, 0.25) is 0 Å². The van der Waals surface area contributed by atoms with Gasteiger partial charge in [0, 0.05) is 5.02 Å². The van der Waals surface area contributed by atoms with Crippen molar-refractivity contribution in [3.63, 3.8) is 0 Å². The molecule has 1 unspecified atom stereocenters. The Morgan fingerprint density at radius 2 is 1.81 bits per heavy atom. The zero-order valence-corrected chi connectivity index (χ0v) is 13.6. The van der Waals surface area contributed by atoms with Gasteiger partial charge in [0.15, 0.2) is 0 Å². The Kier molecular flexibility index (Phi) is 5.66. The molecule has 0 radical (unpaired) electrons. The summed E-state index contributed by atoms with van der Waals surface area (Å²) in [5.74, 6) is 0.902. The van der Waals surface area contributed by atoms with Gasteiger partial charge >= 0.3 is 0 Å². The molecular formula is C18H22ClNO. The van der Waals surface area contributed by atoms with Crippen LogP contribution in [0.3, 0.4) is 0 Å². The Labute approximate surface area is 132 Å². The molecule has 21 heavy (non-hydrogen) atoms. The second kappa shape index (κ2) is 7.48. The van der Waals surface area contributed by atoms with E-state index in [1.807, 2.05) is 31.2 Å². The third-order valence-electron chi connectivity index (χ3n) is 3.55. The summed E-state index contributed by atoms with van der Waals surface area (Å²) in [6.45, 7) is 7.75. The molecule has 1 atom stereocenters. The van der Waals surface area contributed by atoms with E-state index in [2.05, 4.69) is 37.4 Å². The number of halogens is 1. The van der Waals surface area contributed by atoms with E-state index < -0.39 is 0 Å². The third-order valence-corrected chi connectivity index (χ3v) is 3.96. The Morgan fingerprint density at radius 1 is 1.10 bits per heavy atom. The van der Waals surface area contributed by atoms with Gasteiger partial charge in [0.05, 0.1) is 12.6 Å². The molecule has 2 rings (SSSR count). The first-order valence-electron chi connectivity index (χ1n) is 7.38. The first-order chi connectivity index (χ1) is 10.2. The monoisotopic (exact) mass is 303 g/mol. The highest BCUT2D eigenvalue weighted by Crippen LogP contribution is 2.29. The van der Waals surface area contributed by atoms with E-state index >= 15 is 0 Å². The molecule has 2 aromatic carbocycles. The first kappa shape index (κ1) is 15.9. The highest BCUT2D eigenvalue weighted by Gasteiger charge is 2.16. The molecule has 1 N–H and O–H groups in total. The number of ether oxygens (including phenoxy) is 1. The van der Waals surface area contributed by atoms with Gasteiger partial charge in [-0.05, 0) is 55.3 Å². The van der Waals surface area contributed by atoms with E-state index in [4.69, 9.17) is 16.3 Å². The van der Waals surface area contributed by atoms with Crippen LogP contribution in [0.2, 0.25) is 5.02 Å². The molecule has 3 heteroatoms. The molecule has 0 heterocycles. The highest BCUT2D eigenvalue weighted by molar-refractivity contribution is 6.31. The number of rotatable bonds is 6. The van der Waals surface area contributed by atoms with Gasteiger partial charge in [0.1, 0.15) is 5.75 Å². The molecule has 2 aromatic rings. The van der Waals surface area contributed by atoms with Gasteiger partial charge in [-0.25, -0.2) is 0 Å². The SMILES string of the molecule is CCNC(c1ccc(OCC)cc1)c1cccc(Cl)c1C. The summed E-state index contributed by atoms with van der Waals surface area (Å²) in [7, 11) is 0. The second-order valence-corrected chi connectivity index (χ2v) is 5.35. The summed E-state index contributed by atoms with van der Waals surface area (Å²) in [6.07, 6.45) is 0. The summed E-state index contributed by atoms with van der Waals surface area (Å²) in [6, 6.07) is 14.5. The van der Waals surface area contributed by atoms with E-state index in [0.717, 1.165) is 22.9 Å². The fraction of sp³-hybridized carbons (Fsp3) is 0.333. The number of benzene rings is 2. The number of hydrogen-bond donors (Lipinski definition) is 1. The van der Waals surface area contributed by atoms with Gasteiger partial charge in [0.25, 0.3) is 0 Å². The Morgan fingerprint density at radius 3 is 2.43 bits per heavy atom. The lowest BCUT2D eigenvalue weighted by atomic mass is 9.95. The van der Waals surface area contributed by atoms with Crippen molar-refractivity contribution >= 4 is 11.6 Å². The van der Waals surface area contributed by atoms with E-state index in [9.17, 15) is 0 Å². The molecule has 0 amide bonds. The lowest BCUT2D eigenvalue weighted by Gasteiger charge is -2.21. The van der Waals surface area contributed by atoms with E-state index in [0.29, 0.717) is 6.61 Å². The molecule has 2 nitrogen and oxygen atoms in total. The van der Waals surface area contributed by atoms with Crippen molar-refractivity contribution in [1.82, 2.24) is 5.32 Å². The third kappa shape index (κ3) is 3.78. The second-order valence-electron chi connectivity index (χ2n) is 4.95. The van der Waals surface area contributed by atoms with Crippen molar-refractivity contribution < 1.29 is 4.74 Å². The van der Waals surface area contributed by atoms with Crippen LogP contribution in [0.15, 0.2) is 42.5 Å². The van der Waals surface area contributed by atoms with Crippen LogP contribution in [0.5, 0.6) is 5.75 Å². The van der Waals surface area contributed by atoms with Gasteiger partial charge in [-0.2, -0.15) is 0 Å². The minimum Gasteiger partial charge on any atom is -0.494 e. The summed E-state index contributed by atoms with van der Waals surface area (Å²) >= 11 is 6.26. The fourth-order valence-electron chi connectivity index (χ4n) is 2.47. The maximum Gasteiger partial charge on any atom is 0.119 e. The van der Waals surface area contributed by atoms with Crippen LogP contribution in [-0.4, -0.2) is 13.2 Å². The van der Waals surface area contributed by atoms with E-state index in [1.54, 1.807) is 0 Å². The largest absolute Gasteiger partial charge is 0.494 e. The molecule has 0 bridgehead atoms. The molecule has 112 valence electrons. The van der Waals surface area contributed by atoms with Crippen LogP contribution in [0, 0.1) is 6.92 Å². The molecule has 0 aromatic heterocycles. The van der Waals surface area contributed by atoms with Crippen molar-refractivity contribution in [1.29, 1.82) is 0 Å². The zero-order valence-electron chi connectivity index (χ0n) is 12.8. The summed E-state index contributed by atoms with van der Waals surface area (Å²) < 4.78 is 5.51. The Bertz CT molecular complexity index is 580. The van der Waals surface area contributed by atoms with Crippen LogP contribution in [0.4, 0.5) is 0 Å². The van der Waals surface area contributed by atoms with Crippen LogP contribution < -0.4 is 10.1 Å². The van der Waals surface area contributed by atoms with Crippen molar-refractivity contribution in [2.24, 2.45) is 0 Å². The van der Waals surface area contributed by atoms with Crippen LogP contribution in [0.1, 0.15) is 36.6 Å². The van der Waals surface area contributed by atoms with Crippen LogP contribution in [-0.2, 0) is 0 Å². The molecule has 0 saturated heterocycles. The average molecular weight is 304 g/mol. The molecule has 0 aliphatic heterocycles.